The van der Waals surface area contributed by atoms with Gasteiger partial charge in [-0.25, -0.2) is 0 Å². The van der Waals surface area contributed by atoms with Crippen LogP contribution in [-0.4, -0.2) is 13.3 Å². The number of ether oxygens (including phenoxy) is 1. The highest BCUT2D eigenvalue weighted by atomic mass is 16.5. The second kappa shape index (κ2) is 3.55. The van der Waals surface area contributed by atoms with Gasteiger partial charge in [-0.1, -0.05) is 13.8 Å². The van der Waals surface area contributed by atoms with Crippen LogP contribution in [0.4, 0.5) is 0 Å². The SMILES string of the molecule is COC(N=O)C(C)C. The molecule has 0 saturated heterocycles. The normalized spacial score (nSPS) is 14.0. The van der Waals surface area contributed by atoms with Crippen LogP contribution in [0.5, 0.6) is 0 Å². The van der Waals surface area contributed by atoms with Gasteiger partial charge in [0, 0.05) is 13.0 Å². The van der Waals surface area contributed by atoms with Crippen LogP contribution in [-0.2, 0) is 4.74 Å². The number of nitrogens with zero attached hydrogens (tertiary/aromatic N) is 1. The van der Waals surface area contributed by atoms with Gasteiger partial charge in [0.2, 0.25) is 0 Å². The van der Waals surface area contributed by atoms with E-state index in [2.05, 4.69) is 9.91 Å². The molecular formula is C5H11NO2. The summed E-state index contributed by atoms with van der Waals surface area (Å²) in [4.78, 5) is 9.80. The van der Waals surface area contributed by atoms with E-state index in [1.165, 1.54) is 7.11 Å². The van der Waals surface area contributed by atoms with Crippen LogP contribution in [0.2, 0.25) is 0 Å². The van der Waals surface area contributed by atoms with Crippen LogP contribution in [0.15, 0.2) is 5.18 Å². The monoisotopic (exact) mass is 117 g/mol. The first-order chi connectivity index (χ1) is 3.72. The molecular weight excluding hydrogens is 106 g/mol. The molecule has 0 saturated carbocycles. The Morgan fingerprint density at radius 2 is 2.00 bits per heavy atom. The number of hydrogen-bond donors (Lipinski definition) is 0. The highest BCUT2D eigenvalue weighted by Crippen LogP contribution is 2.04. The van der Waals surface area contributed by atoms with E-state index in [1.54, 1.807) is 0 Å². The lowest BCUT2D eigenvalue weighted by molar-refractivity contribution is 0.0712. The molecule has 8 heavy (non-hydrogen) atoms. The minimum absolute atomic E-state index is 0.178. The maximum absolute atomic E-state index is 9.80. The molecule has 1 atom stereocenters. The van der Waals surface area contributed by atoms with Crippen molar-refractivity contribution in [1.82, 2.24) is 0 Å². The largest absolute Gasteiger partial charge is 0.356 e. The van der Waals surface area contributed by atoms with Crippen molar-refractivity contribution < 1.29 is 4.74 Å². The second-order valence-electron chi connectivity index (χ2n) is 1.98. The Morgan fingerprint density at radius 1 is 1.50 bits per heavy atom. The third-order valence-corrected chi connectivity index (χ3v) is 0.916. The van der Waals surface area contributed by atoms with E-state index in [9.17, 15) is 4.91 Å². The predicted octanol–water partition coefficient (Wildman–Crippen LogP) is 1.38. The summed E-state index contributed by atoms with van der Waals surface area (Å²) in [6, 6.07) is 0. The molecule has 0 bridgehead atoms. The molecule has 48 valence electrons. The smallest absolute Gasteiger partial charge is 0.191 e. The number of methoxy groups -OCH3 is 1. The van der Waals surface area contributed by atoms with Gasteiger partial charge in [0.1, 0.15) is 0 Å². The Kier molecular flexibility index (Phi) is 3.35. The van der Waals surface area contributed by atoms with E-state index in [1.807, 2.05) is 13.8 Å². The lowest BCUT2D eigenvalue weighted by atomic mass is 10.2. The van der Waals surface area contributed by atoms with Gasteiger partial charge >= 0.3 is 0 Å². The second-order valence-corrected chi connectivity index (χ2v) is 1.98. The quantitative estimate of drug-likeness (QED) is 0.524. The van der Waals surface area contributed by atoms with Crippen molar-refractivity contribution in [3.8, 4) is 0 Å². The molecule has 0 N–H and O–H groups in total. The van der Waals surface area contributed by atoms with Crippen molar-refractivity contribution in [1.29, 1.82) is 0 Å². The number of nitroso groups, excluding NO2 is 1. The molecule has 0 aromatic heterocycles. The highest BCUT2D eigenvalue weighted by molar-refractivity contribution is 4.55. The molecule has 3 nitrogen and oxygen atoms in total. The van der Waals surface area contributed by atoms with Gasteiger partial charge in [0.25, 0.3) is 0 Å². The average molecular weight is 117 g/mol. The summed E-state index contributed by atoms with van der Waals surface area (Å²) in [6.45, 7) is 3.77. The lowest BCUT2D eigenvalue weighted by Gasteiger charge is -2.08. The zero-order valence-electron chi connectivity index (χ0n) is 5.42. The molecule has 0 rings (SSSR count). The van der Waals surface area contributed by atoms with Gasteiger partial charge < -0.3 is 4.74 Å². The van der Waals surface area contributed by atoms with Gasteiger partial charge in [-0.3, -0.25) is 0 Å². The molecule has 0 amide bonds. The van der Waals surface area contributed by atoms with E-state index in [4.69, 9.17) is 0 Å². The predicted molar refractivity (Wildman–Crippen MR) is 31.4 cm³/mol. The molecule has 0 aliphatic heterocycles. The molecule has 3 heteroatoms. The van der Waals surface area contributed by atoms with Crippen LogP contribution in [0, 0.1) is 10.8 Å². The van der Waals surface area contributed by atoms with Crippen molar-refractivity contribution in [3.63, 3.8) is 0 Å². The van der Waals surface area contributed by atoms with Crippen molar-refractivity contribution in [2.75, 3.05) is 7.11 Å². The summed E-state index contributed by atoms with van der Waals surface area (Å²) in [7, 11) is 1.48. The zero-order chi connectivity index (χ0) is 6.57. The molecule has 0 fully saturated rings. The van der Waals surface area contributed by atoms with Crippen LogP contribution < -0.4 is 0 Å². The molecule has 0 aliphatic rings. The summed E-state index contributed by atoms with van der Waals surface area (Å²) in [6.07, 6.45) is -0.477. The molecule has 1 unspecified atom stereocenters. The molecule has 0 aromatic carbocycles. The maximum Gasteiger partial charge on any atom is 0.191 e. The van der Waals surface area contributed by atoms with E-state index in [0.717, 1.165) is 0 Å². The third kappa shape index (κ3) is 2.02. The van der Waals surface area contributed by atoms with Gasteiger partial charge in [0.15, 0.2) is 6.23 Å². The van der Waals surface area contributed by atoms with Gasteiger partial charge in [0.05, 0.1) is 0 Å². The maximum atomic E-state index is 9.80. The van der Waals surface area contributed by atoms with Crippen molar-refractivity contribution >= 4 is 0 Å². The zero-order valence-corrected chi connectivity index (χ0v) is 5.42. The minimum Gasteiger partial charge on any atom is -0.356 e. The first-order valence-corrected chi connectivity index (χ1v) is 2.57. The summed E-state index contributed by atoms with van der Waals surface area (Å²) >= 11 is 0. The molecule has 0 aliphatic carbocycles. The van der Waals surface area contributed by atoms with E-state index in [-0.39, 0.29) is 5.92 Å². The lowest BCUT2D eigenvalue weighted by Crippen LogP contribution is -2.13. The summed E-state index contributed by atoms with van der Waals surface area (Å²) < 4.78 is 4.68. The fraction of sp³-hybridized carbons (Fsp3) is 1.00. The summed E-state index contributed by atoms with van der Waals surface area (Å²) in [5.74, 6) is 0.178. The van der Waals surface area contributed by atoms with Crippen LogP contribution >= 0.6 is 0 Å². The van der Waals surface area contributed by atoms with E-state index < -0.39 is 6.23 Å². The van der Waals surface area contributed by atoms with Crippen molar-refractivity contribution in [3.05, 3.63) is 4.91 Å². The molecule has 0 radical (unpaired) electrons. The Bertz CT molecular complexity index is 72.8. The first kappa shape index (κ1) is 7.56. The highest BCUT2D eigenvalue weighted by Gasteiger charge is 2.09. The Morgan fingerprint density at radius 3 is 2.00 bits per heavy atom. The Balaban J connectivity index is 3.51. The molecule has 0 aromatic rings. The first-order valence-electron chi connectivity index (χ1n) is 2.57. The number of rotatable bonds is 3. The Hall–Kier alpha value is -0.440. The van der Waals surface area contributed by atoms with Crippen LogP contribution in [0.1, 0.15) is 13.8 Å². The molecule has 0 spiro atoms. The van der Waals surface area contributed by atoms with Gasteiger partial charge in [-0.15, -0.1) is 4.91 Å². The standard InChI is InChI=1S/C5H11NO2/c1-4(2)5(6-7)8-3/h4-5H,1-3H3. The van der Waals surface area contributed by atoms with Gasteiger partial charge in [-0.05, 0) is 5.18 Å². The summed E-state index contributed by atoms with van der Waals surface area (Å²) in [5, 5.41) is 2.73. The molecule has 0 heterocycles. The van der Waals surface area contributed by atoms with Gasteiger partial charge in [-0.2, -0.15) is 0 Å². The van der Waals surface area contributed by atoms with Crippen molar-refractivity contribution in [2.24, 2.45) is 11.1 Å². The third-order valence-electron chi connectivity index (χ3n) is 0.916. The fourth-order valence-corrected chi connectivity index (χ4v) is 0.437. The topological polar surface area (TPSA) is 38.7 Å². The average Bonchev–Trinajstić information content (AvgIpc) is 1.69. The summed E-state index contributed by atoms with van der Waals surface area (Å²) in [5.41, 5.74) is 0. The van der Waals surface area contributed by atoms with E-state index >= 15 is 0 Å². The number of hydrogen-bond acceptors (Lipinski definition) is 3. The van der Waals surface area contributed by atoms with Crippen LogP contribution in [0.3, 0.4) is 0 Å². The fourth-order valence-electron chi connectivity index (χ4n) is 0.437. The van der Waals surface area contributed by atoms with Crippen LogP contribution in [0.25, 0.3) is 0 Å². The van der Waals surface area contributed by atoms with E-state index in [0.29, 0.717) is 0 Å². The Labute approximate surface area is 49.0 Å². The van der Waals surface area contributed by atoms with Crippen molar-refractivity contribution in [2.45, 2.75) is 20.1 Å². The minimum atomic E-state index is -0.477.